The fraction of sp³-hybridized carbons (Fsp3) is 0.350. The molecule has 1 aliphatic heterocycles. The van der Waals surface area contributed by atoms with E-state index in [1.807, 2.05) is 43.3 Å². The highest BCUT2D eigenvalue weighted by molar-refractivity contribution is 5.81. The number of fused-ring (bicyclic) bond motifs is 1. The van der Waals surface area contributed by atoms with Crippen LogP contribution >= 0.6 is 0 Å². The Morgan fingerprint density at radius 1 is 1.19 bits per heavy atom. The SMILES string of the molecule is CC[C@H](Oc1cccc(OC)c1)C(=O)NC[C@H]1COc2ccccc2O1. The number of hydrogen-bond acceptors (Lipinski definition) is 5. The van der Waals surface area contributed by atoms with Crippen LogP contribution in [0, 0.1) is 0 Å². The summed E-state index contributed by atoms with van der Waals surface area (Å²) in [5, 5.41) is 2.88. The first kappa shape index (κ1) is 17.9. The van der Waals surface area contributed by atoms with Gasteiger partial charge in [0.05, 0.1) is 13.7 Å². The van der Waals surface area contributed by atoms with E-state index in [2.05, 4.69) is 5.32 Å². The highest BCUT2D eigenvalue weighted by Gasteiger charge is 2.24. The summed E-state index contributed by atoms with van der Waals surface area (Å²) in [6.07, 6.45) is -0.268. The van der Waals surface area contributed by atoms with Crippen LogP contribution in [0.2, 0.25) is 0 Å². The van der Waals surface area contributed by atoms with Crippen LogP contribution in [0.1, 0.15) is 13.3 Å². The van der Waals surface area contributed by atoms with E-state index in [1.165, 1.54) is 0 Å². The molecule has 0 spiro atoms. The van der Waals surface area contributed by atoms with Gasteiger partial charge in [0.25, 0.3) is 5.91 Å². The zero-order valence-corrected chi connectivity index (χ0v) is 14.9. The van der Waals surface area contributed by atoms with Gasteiger partial charge < -0.3 is 24.3 Å². The lowest BCUT2D eigenvalue weighted by atomic mass is 10.2. The highest BCUT2D eigenvalue weighted by atomic mass is 16.6. The summed E-state index contributed by atoms with van der Waals surface area (Å²) in [7, 11) is 1.59. The summed E-state index contributed by atoms with van der Waals surface area (Å²) in [5.74, 6) is 2.51. The third-order valence-electron chi connectivity index (χ3n) is 4.05. The van der Waals surface area contributed by atoms with Crippen molar-refractivity contribution in [2.75, 3.05) is 20.3 Å². The molecule has 3 rings (SSSR count). The quantitative estimate of drug-likeness (QED) is 0.825. The van der Waals surface area contributed by atoms with E-state index < -0.39 is 6.10 Å². The van der Waals surface area contributed by atoms with E-state index in [0.717, 1.165) is 5.75 Å². The van der Waals surface area contributed by atoms with E-state index >= 15 is 0 Å². The van der Waals surface area contributed by atoms with Crippen molar-refractivity contribution in [3.05, 3.63) is 48.5 Å². The molecule has 0 saturated heterocycles. The second-order valence-corrected chi connectivity index (χ2v) is 5.94. The van der Waals surface area contributed by atoms with Crippen molar-refractivity contribution in [3.8, 4) is 23.0 Å². The molecule has 0 saturated carbocycles. The third kappa shape index (κ3) is 4.39. The normalized spacial score (nSPS) is 16.5. The number of carbonyl (C=O) groups excluding carboxylic acids is 1. The molecule has 0 fully saturated rings. The largest absolute Gasteiger partial charge is 0.497 e. The molecule has 0 aromatic heterocycles. The maximum Gasteiger partial charge on any atom is 0.261 e. The van der Waals surface area contributed by atoms with Crippen molar-refractivity contribution in [2.45, 2.75) is 25.6 Å². The molecule has 1 amide bonds. The molecule has 2 atom stereocenters. The molecule has 6 nitrogen and oxygen atoms in total. The van der Waals surface area contributed by atoms with Crippen LogP contribution in [-0.2, 0) is 4.79 Å². The van der Waals surface area contributed by atoms with Crippen LogP contribution in [0.4, 0.5) is 0 Å². The molecule has 0 unspecified atom stereocenters. The molecule has 1 heterocycles. The van der Waals surface area contributed by atoms with Crippen LogP contribution in [0.25, 0.3) is 0 Å². The fourth-order valence-corrected chi connectivity index (χ4v) is 2.65. The Morgan fingerprint density at radius 2 is 1.96 bits per heavy atom. The van der Waals surface area contributed by atoms with Gasteiger partial charge in [-0.05, 0) is 30.7 Å². The molecule has 2 aromatic carbocycles. The Balaban J connectivity index is 1.53. The van der Waals surface area contributed by atoms with Crippen LogP contribution in [0.3, 0.4) is 0 Å². The van der Waals surface area contributed by atoms with Crippen molar-refractivity contribution in [1.29, 1.82) is 0 Å². The van der Waals surface area contributed by atoms with Crippen molar-refractivity contribution >= 4 is 5.91 Å². The van der Waals surface area contributed by atoms with Gasteiger partial charge in [-0.1, -0.05) is 25.1 Å². The smallest absolute Gasteiger partial charge is 0.261 e. The zero-order valence-electron chi connectivity index (χ0n) is 14.9. The Kier molecular flexibility index (Phi) is 5.84. The number of ether oxygens (including phenoxy) is 4. The van der Waals surface area contributed by atoms with Crippen molar-refractivity contribution in [1.82, 2.24) is 5.32 Å². The van der Waals surface area contributed by atoms with Crippen LogP contribution in [0.5, 0.6) is 23.0 Å². The predicted molar refractivity (Wildman–Crippen MR) is 97.1 cm³/mol. The van der Waals surface area contributed by atoms with Crippen LogP contribution < -0.4 is 24.3 Å². The summed E-state index contributed by atoms with van der Waals surface area (Å²) in [4.78, 5) is 12.5. The average Bonchev–Trinajstić information content (AvgIpc) is 2.70. The van der Waals surface area contributed by atoms with Gasteiger partial charge >= 0.3 is 0 Å². The fourth-order valence-electron chi connectivity index (χ4n) is 2.65. The summed E-state index contributed by atoms with van der Waals surface area (Å²) in [5.41, 5.74) is 0. The maximum absolute atomic E-state index is 12.5. The lowest BCUT2D eigenvalue weighted by molar-refractivity contribution is -0.128. The van der Waals surface area contributed by atoms with Gasteiger partial charge in [0.1, 0.15) is 24.2 Å². The highest BCUT2D eigenvalue weighted by Crippen LogP contribution is 2.30. The first-order valence-corrected chi connectivity index (χ1v) is 8.66. The van der Waals surface area contributed by atoms with E-state index in [4.69, 9.17) is 18.9 Å². The Bertz CT molecular complexity index is 748. The molecular formula is C20H23NO5. The standard InChI is InChI=1S/C20H23NO5/c1-3-17(25-15-8-6-7-14(11-15)23-2)20(22)21-12-16-13-24-18-9-4-5-10-19(18)26-16/h4-11,16-17H,3,12-13H2,1-2H3,(H,21,22)/t16-,17-/m0/s1. The third-order valence-corrected chi connectivity index (χ3v) is 4.05. The molecule has 0 radical (unpaired) electrons. The minimum atomic E-state index is -0.584. The van der Waals surface area contributed by atoms with Gasteiger partial charge in [0.15, 0.2) is 17.6 Å². The van der Waals surface area contributed by atoms with Gasteiger partial charge in [-0.2, -0.15) is 0 Å². The number of amides is 1. The minimum Gasteiger partial charge on any atom is -0.497 e. The lowest BCUT2D eigenvalue weighted by Gasteiger charge is -2.27. The van der Waals surface area contributed by atoms with Gasteiger partial charge in [-0.25, -0.2) is 0 Å². The maximum atomic E-state index is 12.5. The Labute approximate surface area is 153 Å². The summed E-state index contributed by atoms with van der Waals surface area (Å²) in [6.45, 7) is 2.65. The van der Waals surface area contributed by atoms with Gasteiger partial charge in [0.2, 0.25) is 0 Å². The molecule has 138 valence electrons. The van der Waals surface area contributed by atoms with Crippen molar-refractivity contribution in [3.63, 3.8) is 0 Å². The topological polar surface area (TPSA) is 66.0 Å². The molecule has 0 bridgehead atoms. The number of hydrogen-bond donors (Lipinski definition) is 1. The second-order valence-electron chi connectivity index (χ2n) is 5.94. The number of carbonyl (C=O) groups is 1. The van der Waals surface area contributed by atoms with E-state index in [0.29, 0.717) is 36.8 Å². The first-order valence-electron chi connectivity index (χ1n) is 8.66. The number of para-hydroxylation sites is 2. The Hall–Kier alpha value is -2.89. The van der Waals surface area contributed by atoms with Crippen LogP contribution in [-0.4, -0.2) is 38.4 Å². The van der Waals surface area contributed by atoms with Crippen LogP contribution in [0.15, 0.2) is 48.5 Å². The molecule has 26 heavy (non-hydrogen) atoms. The van der Waals surface area contributed by atoms with Gasteiger partial charge in [-0.3, -0.25) is 4.79 Å². The predicted octanol–water partition coefficient (Wildman–Crippen LogP) is 2.81. The lowest BCUT2D eigenvalue weighted by Crippen LogP contribution is -2.45. The monoisotopic (exact) mass is 357 g/mol. The number of nitrogens with one attached hydrogen (secondary N) is 1. The molecule has 6 heteroatoms. The van der Waals surface area contributed by atoms with Crippen molar-refractivity contribution in [2.24, 2.45) is 0 Å². The first-order chi connectivity index (χ1) is 12.7. The summed E-state index contributed by atoms with van der Waals surface area (Å²) >= 11 is 0. The average molecular weight is 357 g/mol. The van der Waals surface area contributed by atoms with Gasteiger partial charge in [-0.15, -0.1) is 0 Å². The van der Waals surface area contributed by atoms with E-state index in [1.54, 1.807) is 19.2 Å². The van der Waals surface area contributed by atoms with Crippen molar-refractivity contribution < 1.29 is 23.7 Å². The number of benzene rings is 2. The van der Waals surface area contributed by atoms with E-state index in [9.17, 15) is 4.79 Å². The molecule has 0 aliphatic carbocycles. The second kappa shape index (κ2) is 8.47. The van der Waals surface area contributed by atoms with E-state index in [-0.39, 0.29) is 12.0 Å². The molecule has 1 N–H and O–H groups in total. The minimum absolute atomic E-state index is 0.183. The molecule has 1 aliphatic rings. The zero-order chi connectivity index (χ0) is 18.4. The number of rotatable bonds is 7. The Morgan fingerprint density at radius 3 is 2.73 bits per heavy atom. The molecule has 2 aromatic rings. The summed E-state index contributed by atoms with van der Waals surface area (Å²) < 4.78 is 22.5. The number of methoxy groups -OCH3 is 1. The summed E-state index contributed by atoms with van der Waals surface area (Å²) in [6, 6.07) is 14.7. The molecular weight excluding hydrogens is 334 g/mol. The van der Waals surface area contributed by atoms with Gasteiger partial charge in [0, 0.05) is 6.07 Å².